The quantitative estimate of drug-likeness (QED) is 0.910. The van der Waals surface area contributed by atoms with E-state index in [1.54, 1.807) is 0 Å². The Kier molecular flexibility index (Phi) is 2.80. The molecule has 2 aliphatic rings. The van der Waals surface area contributed by atoms with Crippen LogP contribution in [0, 0.1) is 0 Å². The number of hydrogen-bond donors (Lipinski definition) is 2. The highest BCUT2D eigenvalue weighted by Gasteiger charge is 2.35. The Labute approximate surface area is 123 Å². The van der Waals surface area contributed by atoms with Crippen molar-refractivity contribution in [3.05, 3.63) is 42.0 Å². The maximum Gasteiger partial charge on any atom is 0.271 e. The van der Waals surface area contributed by atoms with Crippen LogP contribution in [0.1, 0.15) is 53.9 Å². The van der Waals surface area contributed by atoms with E-state index in [4.69, 9.17) is 5.73 Å². The minimum atomic E-state index is 0.107. The van der Waals surface area contributed by atoms with E-state index in [9.17, 15) is 4.79 Å². The first-order chi connectivity index (χ1) is 10.2. The SMILES string of the molecule is Nc1cc(C(=O)N2CCCC2c2ccc[nH]2)n(C2CC2)c1. The van der Waals surface area contributed by atoms with Gasteiger partial charge in [-0.05, 0) is 43.9 Å². The first-order valence-electron chi connectivity index (χ1n) is 7.65. The first-order valence-corrected chi connectivity index (χ1v) is 7.65. The van der Waals surface area contributed by atoms with Gasteiger partial charge >= 0.3 is 0 Å². The Hall–Kier alpha value is -2.17. The number of aromatic amines is 1. The third kappa shape index (κ3) is 2.13. The summed E-state index contributed by atoms with van der Waals surface area (Å²) in [5.41, 5.74) is 8.46. The molecule has 0 aromatic carbocycles. The average Bonchev–Trinajstić information content (AvgIpc) is 2.93. The van der Waals surface area contributed by atoms with E-state index < -0.39 is 0 Å². The molecule has 1 unspecified atom stereocenters. The van der Waals surface area contributed by atoms with Crippen molar-refractivity contribution in [1.29, 1.82) is 0 Å². The van der Waals surface area contributed by atoms with Crippen molar-refractivity contribution in [2.75, 3.05) is 12.3 Å². The van der Waals surface area contributed by atoms with Crippen LogP contribution in [0.15, 0.2) is 30.6 Å². The number of aromatic nitrogens is 2. The molecule has 0 bridgehead atoms. The van der Waals surface area contributed by atoms with Gasteiger partial charge in [0.25, 0.3) is 5.91 Å². The highest BCUT2D eigenvalue weighted by Crippen LogP contribution is 2.39. The molecular weight excluding hydrogens is 264 g/mol. The Morgan fingerprint density at radius 3 is 2.90 bits per heavy atom. The zero-order chi connectivity index (χ0) is 14.4. The molecule has 1 atom stereocenters. The van der Waals surface area contributed by atoms with E-state index in [1.165, 1.54) is 0 Å². The number of anilines is 1. The zero-order valence-corrected chi connectivity index (χ0v) is 12.0. The summed E-state index contributed by atoms with van der Waals surface area (Å²) in [5.74, 6) is 0.107. The van der Waals surface area contributed by atoms with Gasteiger partial charge in [0.1, 0.15) is 5.69 Å². The molecule has 2 aromatic rings. The van der Waals surface area contributed by atoms with Crippen molar-refractivity contribution >= 4 is 11.6 Å². The molecular formula is C16H20N4O. The number of nitrogen functional groups attached to an aromatic ring is 1. The van der Waals surface area contributed by atoms with Crippen LogP contribution >= 0.6 is 0 Å². The molecule has 1 saturated carbocycles. The second kappa shape index (κ2) is 4.69. The second-order valence-corrected chi connectivity index (χ2v) is 6.08. The third-order valence-electron chi connectivity index (χ3n) is 4.52. The van der Waals surface area contributed by atoms with Gasteiger partial charge in [0.15, 0.2) is 0 Å². The molecule has 1 aliphatic heterocycles. The number of nitrogens with one attached hydrogen (secondary N) is 1. The highest BCUT2D eigenvalue weighted by atomic mass is 16.2. The molecule has 4 rings (SSSR count). The van der Waals surface area contributed by atoms with Gasteiger partial charge in [0, 0.05) is 30.7 Å². The normalized spacial score (nSPS) is 21.9. The molecule has 21 heavy (non-hydrogen) atoms. The van der Waals surface area contributed by atoms with Gasteiger partial charge in [0.05, 0.1) is 11.7 Å². The fourth-order valence-electron chi connectivity index (χ4n) is 3.36. The molecule has 5 heteroatoms. The molecule has 1 amide bonds. The lowest BCUT2D eigenvalue weighted by Gasteiger charge is -2.24. The minimum Gasteiger partial charge on any atom is -0.397 e. The van der Waals surface area contributed by atoms with Crippen LogP contribution in [0.2, 0.25) is 0 Å². The van der Waals surface area contributed by atoms with Crippen LogP contribution in [0.5, 0.6) is 0 Å². The monoisotopic (exact) mass is 284 g/mol. The van der Waals surface area contributed by atoms with Gasteiger partial charge in [-0.2, -0.15) is 0 Å². The van der Waals surface area contributed by atoms with E-state index in [1.807, 2.05) is 29.4 Å². The Bertz CT molecular complexity index is 654. The van der Waals surface area contributed by atoms with Crippen LogP contribution in [-0.4, -0.2) is 26.9 Å². The largest absolute Gasteiger partial charge is 0.397 e. The number of carbonyl (C=O) groups is 1. The van der Waals surface area contributed by atoms with Crippen molar-refractivity contribution < 1.29 is 4.79 Å². The molecule has 1 aliphatic carbocycles. The van der Waals surface area contributed by atoms with Gasteiger partial charge in [-0.3, -0.25) is 4.79 Å². The van der Waals surface area contributed by atoms with E-state index in [0.29, 0.717) is 11.7 Å². The van der Waals surface area contributed by atoms with Crippen molar-refractivity contribution in [3.8, 4) is 0 Å². The van der Waals surface area contributed by atoms with Crippen LogP contribution in [0.4, 0.5) is 5.69 Å². The predicted molar refractivity (Wildman–Crippen MR) is 80.9 cm³/mol. The Balaban J connectivity index is 1.65. The van der Waals surface area contributed by atoms with Gasteiger partial charge in [0.2, 0.25) is 0 Å². The maximum absolute atomic E-state index is 13.0. The van der Waals surface area contributed by atoms with Crippen molar-refractivity contribution in [1.82, 2.24) is 14.5 Å². The summed E-state index contributed by atoms with van der Waals surface area (Å²) in [6.07, 6.45) is 8.19. The average molecular weight is 284 g/mol. The van der Waals surface area contributed by atoms with Crippen LogP contribution in [0.25, 0.3) is 0 Å². The Morgan fingerprint density at radius 1 is 1.33 bits per heavy atom. The standard InChI is InChI=1S/C16H20N4O/c17-11-9-15(20(10-11)12-5-6-12)16(21)19-8-2-4-14(19)13-3-1-7-18-13/h1,3,7,9-10,12,14,18H,2,4-6,8,17H2. The molecule has 3 N–H and O–H groups in total. The fraction of sp³-hybridized carbons (Fsp3) is 0.438. The lowest BCUT2D eigenvalue weighted by Crippen LogP contribution is -2.32. The van der Waals surface area contributed by atoms with Gasteiger partial charge in [-0.1, -0.05) is 0 Å². The molecule has 0 spiro atoms. The van der Waals surface area contributed by atoms with E-state index in [-0.39, 0.29) is 11.9 Å². The molecule has 5 nitrogen and oxygen atoms in total. The second-order valence-electron chi connectivity index (χ2n) is 6.08. The van der Waals surface area contributed by atoms with Gasteiger partial charge < -0.3 is 20.2 Å². The highest BCUT2D eigenvalue weighted by molar-refractivity contribution is 5.94. The number of nitrogens with zero attached hydrogens (tertiary/aromatic N) is 2. The lowest BCUT2D eigenvalue weighted by atomic mass is 10.1. The van der Waals surface area contributed by atoms with Crippen LogP contribution in [-0.2, 0) is 0 Å². The number of amides is 1. The van der Waals surface area contributed by atoms with Gasteiger partial charge in [-0.15, -0.1) is 0 Å². The van der Waals surface area contributed by atoms with Gasteiger partial charge in [-0.25, -0.2) is 0 Å². The van der Waals surface area contributed by atoms with E-state index >= 15 is 0 Å². The molecule has 3 heterocycles. The molecule has 2 fully saturated rings. The number of hydrogen-bond acceptors (Lipinski definition) is 2. The summed E-state index contributed by atoms with van der Waals surface area (Å²) in [4.78, 5) is 18.2. The summed E-state index contributed by atoms with van der Waals surface area (Å²) in [6.45, 7) is 0.818. The molecule has 0 radical (unpaired) electrons. The lowest BCUT2D eigenvalue weighted by molar-refractivity contribution is 0.0722. The third-order valence-corrected chi connectivity index (χ3v) is 4.52. The minimum absolute atomic E-state index is 0.107. The maximum atomic E-state index is 13.0. The summed E-state index contributed by atoms with van der Waals surface area (Å²) < 4.78 is 2.07. The van der Waals surface area contributed by atoms with E-state index in [2.05, 4.69) is 15.6 Å². The van der Waals surface area contributed by atoms with Crippen LogP contribution in [0.3, 0.4) is 0 Å². The smallest absolute Gasteiger partial charge is 0.271 e. The fourth-order valence-corrected chi connectivity index (χ4v) is 3.36. The summed E-state index contributed by atoms with van der Waals surface area (Å²) in [5, 5.41) is 0. The number of rotatable bonds is 3. The predicted octanol–water partition coefficient (Wildman–Crippen LogP) is 2.71. The molecule has 2 aromatic heterocycles. The van der Waals surface area contributed by atoms with Crippen LogP contribution < -0.4 is 5.73 Å². The molecule has 1 saturated heterocycles. The van der Waals surface area contributed by atoms with E-state index in [0.717, 1.165) is 43.6 Å². The zero-order valence-electron chi connectivity index (χ0n) is 12.0. The van der Waals surface area contributed by atoms with Crippen molar-refractivity contribution in [3.63, 3.8) is 0 Å². The summed E-state index contributed by atoms with van der Waals surface area (Å²) in [7, 11) is 0. The molecule has 110 valence electrons. The van der Waals surface area contributed by atoms with Crippen molar-refractivity contribution in [2.24, 2.45) is 0 Å². The number of H-pyrrole nitrogens is 1. The Morgan fingerprint density at radius 2 is 2.19 bits per heavy atom. The van der Waals surface area contributed by atoms with Crippen molar-refractivity contribution in [2.45, 2.75) is 37.8 Å². The first kappa shape index (κ1) is 12.6. The number of carbonyl (C=O) groups excluding carboxylic acids is 1. The summed E-state index contributed by atoms with van der Waals surface area (Å²) >= 11 is 0. The topological polar surface area (TPSA) is 67.1 Å². The summed E-state index contributed by atoms with van der Waals surface area (Å²) in [6, 6.07) is 6.50. The number of likely N-dealkylation sites (tertiary alicyclic amines) is 1. The number of nitrogens with two attached hydrogens (primary N) is 1.